The predicted octanol–water partition coefficient (Wildman–Crippen LogP) is 6.84. The summed E-state index contributed by atoms with van der Waals surface area (Å²) in [6.07, 6.45) is 1.72. The molecule has 0 aliphatic carbocycles. The van der Waals surface area contributed by atoms with Crippen LogP contribution in [-0.4, -0.2) is 9.97 Å². The first kappa shape index (κ1) is 19.4. The average molecular weight is 425 g/mol. The second kappa shape index (κ2) is 8.60. The molecule has 4 aromatic rings. The smallest absolute Gasteiger partial charge is 0.317 e. The van der Waals surface area contributed by atoms with Crippen LogP contribution >= 0.6 is 23.2 Å². The zero-order chi connectivity index (χ0) is 20.2. The minimum atomic E-state index is -0.289. The highest BCUT2D eigenvalue weighted by molar-refractivity contribution is 6.31. The fourth-order valence-corrected chi connectivity index (χ4v) is 3.08. The first-order valence-electron chi connectivity index (χ1n) is 8.85. The predicted molar refractivity (Wildman–Crippen MR) is 114 cm³/mol. The fourth-order valence-electron chi connectivity index (χ4n) is 2.83. The van der Waals surface area contributed by atoms with E-state index in [1.807, 2.05) is 48.5 Å². The molecule has 0 radical (unpaired) electrons. The Morgan fingerprint density at radius 2 is 1.34 bits per heavy atom. The number of aromatic nitrogens is 2. The third kappa shape index (κ3) is 4.73. The van der Waals surface area contributed by atoms with Crippen molar-refractivity contribution >= 4 is 23.2 Å². The first-order valence-corrected chi connectivity index (χ1v) is 9.60. The minimum Gasteiger partial charge on any atom is -0.459 e. The van der Waals surface area contributed by atoms with Crippen LogP contribution in [0, 0.1) is 5.82 Å². The van der Waals surface area contributed by atoms with Gasteiger partial charge in [-0.05, 0) is 47.5 Å². The van der Waals surface area contributed by atoms with Crippen molar-refractivity contribution in [1.82, 2.24) is 9.97 Å². The highest BCUT2D eigenvalue weighted by Crippen LogP contribution is 2.32. The molecule has 3 aromatic carbocycles. The molecule has 144 valence electrons. The second-order valence-corrected chi connectivity index (χ2v) is 7.22. The van der Waals surface area contributed by atoms with Gasteiger partial charge in [0.15, 0.2) is 0 Å². The lowest BCUT2D eigenvalue weighted by molar-refractivity contribution is 0.281. The number of ether oxygens (including phenoxy) is 1. The lowest BCUT2D eigenvalue weighted by Crippen LogP contribution is -2.01. The maximum Gasteiger partial charge on any atom is 0.317 e. The number of halogens is 3. The number of hydrogen-bond acceptors (Lipinski definition) is 3. The van der Waals surface area contributed by atoms with Gasteiger partial charge in [0.1, 0.15) is 12.4 Å². The van der Waals surface area contributed by atoms with Crippen molar-refractivity contribution in [3.8, 4) is 28.4 Å². The number of nitrogens with zero attached hydrogens (tertiary/aromatic N) is 2. The van der Waals surface area contributed by atoms with Crippen LogP contribution in [0.1, 0.15) is 5.56 Å². The van der Waals surface area contributed by atoms with Crippen molar-refractivity contribution in [3.05, 3.63) is 100 Å². The number of rotatable bonds is 5. The molecule has 0 fully saturated rings. The summed E-state index contributed by atoms with van der Waals surface area (Å²) < 4.78 is 18.8. The Morgan fingerprint density at radius 1 is 0.759 bits per heavy atom. The topological polar surface area (TPSA) is 35.0 Å². The molecule has 1 aromatic heterocycles. The van der Waals surface area contributed by atoms with Gasteiger partial charge >= 0.3 is 6.01 Å². The van der Waals surface area contributed by atoms with Crippen molar-refractivity contribution < 1.29 is 9.13 Å². The summed E-state index contributed by atoms with van der Waals surface area (Å²) in [5.74, 6) is -0.289. The van der Waals surface area contributed by atoms with E-state index in [0.717, 1.165) is 22.3 Å². The first-order chi connectivity index (χ1) is 14.1. The Hall–Kier alpha value is -2.95. The van der Waals surface area contributed by atoms with Gasteiger partial charge in [-0.2, -0.15) is 4.98 Å². The van der Waals surface area contributed by atoms with E-state index in [-0.39, 0.29) is 18.4 Å². The summed E-state index contributed by atoms with van der Waals surface area (Å²) in [5, 5.41) is 1.30. The van der Waals surface area contributed by atoms with Gasteiger partial charge in [0, 0.05) is 27.4 Å². The summed E-state index contributed by atoms with van der Waals surface area (Å²) >= 11 is 12.1. The summed E-state index contributed by atoms with van der Waals surface area (Å²) in [7, 11) is 0. The molecule has 0 atom stereocenters. The van der Waals surface area contributed by atoms with Crippen LogP contribution in [0.3, 0.4) is 0 Å². The van der Waals surface area contributed by atoms with Crippen LogP contribution in [0.4, 0.5) is 4.39 Å². The molecule has 0 amide bonds. The van der Waals surface area contributed by atoms with Gasteiger partial charge in [0.05, 0.1) is 5.69 Å². The lowest BCUT2D eigenvalue weighted by Gasteiger charge is -2.12. The Kier molecular flexibility index (Phi) is 5.74. The maximum atomic E-state index is 13.1. The molecule has 0 bridgehead atoms. The van der Waals surface area contributed by atoms with Gasteiger partial charge in [0.25, 0.3) is 0 Å². The molecule has 0 saturated heterocycles. The largest absolute Gasteiger partial charge is 0.459 e. The maximum absolute atomic E-state index is 13.1. The zero-order valence-corrected chi connectivity index (χ0v) is 16.7. The normalized spacial score (nSPS) is 10.7. The Bertz CT molecular complexity index is 1120. The monoisotopic (exact) mass is 424 g/mol. The molecule has 0 aliphatic rings. The van der Waals surface area contributed by atoms with Gasteiger partial charge in [0.2, 0.25) is 0 Å². The molecule has 3 nitrogen and oxygen atoms in total. The van der Waals surface area contributed by atoms with Crippen LogP contribution in [0.2, 0.25) is 10.0 Å². The second-order valence-electron chi connectivity index (χ2n) is 6.34. The van der Waals surface area contributed by atoms with E-state index >= 15 is 0 Å². The van der Waals surface area contributed by atoms with Crippen molar-refractivity contribution in [2.24, 2.45) is 0 Å². The minimum absolute atomic E-state index is 0.233. The van der Waals surface area contributed by atoms with Gasteiger partial charge < -0.3 is 4.74 Å². The quantitative estimate of drug-likeness (QED) is 0.351. The van der Waals surface area contributed by atoms with Gasteiger partial charge in [-0.15, -0.1) is 0 Å². The average Bonchev–Trinajstić information content (AvgIpc) is 2.74. The highest BCUT2D eigenvalue weighted by Gasteiger charge is 2.13. The third-order valence-electron chi connectivity index (χ3n) is 4.32. The van der Waals surface area contributed by atoms with E-state index < -0.39 is 0 Å². The molecule has 0 saturated carbocycles. The highest BCUT2D eigenvalue weighted by atomic mass is 35.5. The Balaban J connectivity index is 1.69. The molecule has 6 heteroatoms. The molecule has 0 aliphatic heterocycles. The molecular formula is C23H15Cl2FN2O. The van der Waals surface area contributed by atoms with Gasteiger partial charge in [-0.25, -0.2) is 9.37 Å². The standard InChI is InChI=1S/C23H15Cl2FN2O/c24-18-7-3-16(4-8-18)21-13-27-23(29-14-15-1-11-20(26)12-2-15)28-22(21)17-5-9-19(25)10-6-17/h1-13H,14H2. The molecular weight excluding hydrogens is 410 g/mol. The van der Waals surface area contributed by atoms with E-state index in [1.54, 1.807) is 18.3 Å². The van der Waals surface area contributed by atoms with Crippen LogP contribution in [0.5, 0.6) is 6.01 Å². The SMILES string of the molecule is Fc1ccc(COc2ncc(-c3ccc(Cl)cc3)c(-c3ccc(Cl)cc3)n2)cc1. The van der Waals surface area contributed by atoms with Crippen LogP contribution < -0.4 is 4.74 Å². The summed E-state index contributed by atoms with van der Waals surface area (Å²) in [5.41, 5.74) is 4.20. The van der Waals surface area contributed by atoms with E-state index in [2.05, 4.69) is 9.97 Å². The molecule has 29 heavy (non-hydrogen) atoms. The Labute approximate surface area is 177 Å². The summed E-state index contributed by atoms with van der Waals surface area (Å²) in [6, 6.07) is 21.2. The third-order valence-corrected chi connectivity index (χ3v) is 4.82. The van der Waals surface area contributed by atoms with E-state index in [0.29, 0.717) is 15.7 Å². The van der Waals surface area contributed by atoms with Crippen LogP contribution in [-0.2, 0) is 6.61 Å². The molecule has 1 heterocycles. The van der Waals surface area contributed by atoms with Crippen molar-refractivity contribution in [2.45, 2.75) is 6.61 Å². The number of hydrogen-bond donors (Lipinski definition) is 0. The molecule has 4 rings (SSSR count). The molecule has 0 unspecified atom stereocenters. The zero-order valence-electron chi connectivity index (χ0n) is 15.1. The van der Waals surface area contributed by atoms with Gasteiger partial charge in [-0.1, -0.05) is 59.6 Å². The van der Waals surface area contributed by atoms with Gasteiger partial charge in [-0.3, -0.25) is 0 Å². The lowest BCUT2D eigenvalue weighted by atomic mass is 10.0. The van der Waals surface area contributed by atoms with Crippen LogP contribution in [0.25, 0.3) is 22.4 Å². The van der Waals surface area contributed by atoms with E-state index in [1.165, 1.54) is 12.1 Å². The van der Waals surface area contributed by atoms with E-state index in [9.17, 15) is 4.39 Å². The van der Waals surface area contributed by atoms with E-state index in [4.69, 9.17) is 27.9 Å². The Morgan fingerprint density at radius 3 is 1.97 bits per heavy atom. The summed E-state index contributed by atoms with van der Waals surface area (Å²) in [4.78, 5) is 8.97. The van der Waals surface area contributed by atoms with Crippen molar-refractivity contribution in [1.29, 1.82) is 0 Å². The fraction of sp³-hybridized carbons (Fsp3) is 0.0435. The number of benzene rings is 3. The van der Waals surface area contributed by atoms with Crippen molar-refractivity contribution in [3.63, 3.8) is 0 Å². The van der Waals surface area contributed by atoms with Crippen molar-refractivity contribution in [2.75, 3.05) is 0 Å². The summed E-state index contributed by atoms with van der Waals surface area (Å²) in [6.45, 7) is 0.237. The molecule has 0 spiro atoms. The molecule has 0 N–H and O–H groups in total. The van der Waals surface area contributed by atoms with Crippen LogP contribution in [0.15, 0.2) is 79.0 Å².